The van der Waals surface area contributed by atoms with E-state index in [9.17, 15) is 0 Å². The van der Waals surface area contributed by atoms with Crippen LogP contribution < -0.4 is 10.6 Å². The second-order valence-corrected chi connectivity index (χ2v) is 6.05. The van der Waals surface area contributed by atoms with E-state index in [4.69, 9.17) is 5.73 Å². The first-order valence-electron chi connectivity index (χ1n) is 6.31. The molecule has 4 nitrogen and oxygen atoms in total. The van der Waals surface area contributed by atoms with Crippen LogP contribution in [-0.2, 0) is 6.54 Å². The molecule has 1 heterocycles. The Morgan fingerprint density at radius 2 is 2.00 bits per heavy atom. The minimum atomic E-state index is 0.571. The number of benzene rings is 1. The highest BCUT2D eigenvalue weighted by Gasteiger charge is 2.30. The Morgan fingerprint density at radius 1 is 1.26 bits per heavy atom. The molecule has 2 aromatic rings. The summed E-state index contributed by atoms with van der Waals surface area (Å²) in [6, 6.07) is 8.58. The summed E-state index contributed by atoms with van der Waals surface area (Å²) < 4.78 is 1.06. The lowest BCUT2D eigenvalue weighted by atomic mass is 10.2. The van der Waals surface area contributed by atoms with Gasteiger partial charge in [-0.1, -0.05) is 12.1 Å². The predicted molar refractivity (Wildman–Crippen MR) is 84.8 cm³/mol. The monoisotopic (exact) mass is 366 g/mol. The number of halogens is 1. The highest BCUT2D eigenvalue weighted by molar-refractivity contribution is 14.1. The first kappa shape index (κ1) is 12.7. The Labute approximate surface area is 126 Å². The molecule has 1 fully saturated rings. The molecule has 5 heteroatoms. The largest absolute Gasteiger partial charge is 0.399 e. The van der Waals surface area contributed by atoms with Gasteiger partial charge >= 0.3 is 0 Å². The van der Waals surface area contributed by atoms with E-state index >= 15 is 0 Å². The van der Waals surface area contributed by atoms with Crippen molar-refractivity contribution in [3.8, 4) is 0 Å². The molecule has 1 aromatic carbocycles. The summed E-state index contributed by atoms with van der Waals surface area (Å²) >= 11 is 2.22. The third kappa shape index (κ3) is 3.15. The van der Waals surface area contributed by atoms with E-state index in [1.54, 1.807) is 0 Å². The van der Waals surface area contributed by atoms with E-state index in [0.717, 1.165) is 21.8 Å². The predicted octanol–water partition coefficient (Wildman–Crippen LogP) is 2.83. The number of nitrogens with two attached hydrogens (primary N) is 1. The van der Waals surface area contributed by atoms with Crippen molar-refractivity contribution in [2.75, 3.05) is 10.6 Å². The molecule has 98 valence electrons. The van der Waals surface area contributed by atoms with Crippen molar-refractivity contribution in [2.45, 2.75) is 25.4 Å². The van der Waals surface area contributed by atoms with Crippen LogP contribution in [0.4, 0.5) is 11.6 Å². The summed E-state index contributed by atoms with van der Waals surface area (Å²) in [5.74, 6) is 0.811. The maximum absolute atomic E-state index is 5.83. The first-order valence-corrected chi connectivity index (χ1v) is 7.39. The fourth-order valence-corrected chi connectivity index (χ4v) is 2.37. The number of rotatable bonds is 4. The lowest BCUT2D eigenvalue weighted by Gasteiger charge is -2.22. The van der Waals surface area contributed by atoms with Crippen LogP contribution in [0.1, 0.15) is 18.4 Å². The minimum Gasteiger partial charge on any atom is -0.399 e. The number of aromatic nitrogens is 2. The number of hydrogen-bond acceptors (Lipinski definition) is 4. The summed E-state index contributed by atoms with van der Waals surface area (Å²) in [5, 5.41) is 0. The molecule has 0 radical (unpaired) electrons. The molecule has 0 bridgehead atoms. The van der Waals surface area contributed by atoms with Gasteiger partial charge in [0.15, 0.2) is 0 Å². The fraction of sp³-hybridized carbons (Fsp3) is 0.286. The molecule has 0 aliphatic heterocycles. The van der Waals surface area contributed by atoms with Gasteiger partial charge in [-0.3, -0.25) is 0 Å². The van der Waals surface area contributed by atoms with Crippen molar-refractivity contribution < 1.29 is 0 Å². The Kier molecular flexibility index (Phi) is 3.54. The van der Waals surface area contributed by atoms with Crippen LogP contribution in [0.5, 0.6) is 0 Å². The highest BCUT2D eigenvalue weighted by atomic mass is 127. The summed E-state index contributed by atoms with van der Waals surface area (Å²) in [6.45, 7) is 0.816. The highest BCUT2D eigenvalue weighted by Crippen LogP contribution is 2.31. The van der Waals surface area contributed by atoms with Crippen LogP contribution in [-0.4, -0.2) is 16.0 Å². The molecule has 0 amide bonds. The third-order valence-electron chi connectivity index (χ3n) is 3.16. The van der Waals surface area contributed by atoms with Gasteiger partial charge in [0.2, 0.25) is 5.95 Å². The molecule has 1 aliphatic carbocycles. The van der Waals surface area contributed by atoms with Crippen molar-refractivity contribution in [3.05, 3.63) is 45.8 Å². The lowest BCUT2D eigenvalue weighted by molar-refractivity contribution is 0.758. The first-order chi connectivity index (χ1) is 9.22. The Balaban J connectivity index is 1.83. The minimum absolute atomic E-state index is 0.571. The van der Waals surface area contributed by atoms with Crippen LogP contribution in [0.3, 0.4) is 0 Å². The summed E-state index contributed by atoms with van der Waals surface area (Å²) in [5.41, 5.74) is 7.84. The molecule has 2 N–H and O–H groups in total. The normalized spacial score (nSPS) is 14.4. The molecular formula is C14H15IN4. The molecule has 1 aliphatic rings. The zero-order valence-corrected chi connectivity index (χ0v) is 12.6. The third-order valence-corrected chi connectivity index (χ3v) is 3.71. The second-order valence-electron chi connectivity index (χ2n) is 4.81. The van der Waals surface area contributed by atoms with Crippen LogP contribution in [0, 0.1) is 3.57 Å². The maximum atomic E-state index is 5.83. The van der Waals surface area contributed by atoms with Gasteiger partial charge in [-0.2, -0.15) is 0 Å². The van der Waals surface area contributed by atoms with Crippen LogP contribution in [0.2, 0.25) is 0 Å². The summed E-state index contributed by atoms with van der Waals surface area (Å²) in [4.78, 5) is 11.1. The summed E-state index contributed by atoms with van der Waals surface area (Å²) in [6.07, 6.45) is 6.16. The molecular weight excluding hydrogens is 351 g/mol. The van der Waals surface area contributed by atoms with Crippen LogP contribution in [0.25, 0.3) is 0 Å². The lowest BCUT2D eigenvalue weighted by Crippen LogP contribution is -2.27. The zero-order valence-electron chi connectivity index (χ0n) is 10.5. The van der Waals surface area contributed by atoms with Gasteiger partial charge in [0.05, 0.1) is 0 Å². The van der Waals surface area contributed by atoms with Crippen LogP contribution >= 0.6 is 22.6 Å². The Hall–Kier alpha value is -1.37. The fourth-order valence-electron chi connectivity index (χ4n) is 2.09. The van der Waals surface area contributed by atoms with Gasteiger partial charge in [0.1, 0.15) is 0 Å². The van der Waals surface area contributed by atoms with Gasteiger partial charge in [0, 0.05) is 34.2 Å². The number of nitrogens with zero attached hydrogens (tertiary/aromatic N) is 3. The van der Waals surface area contributed by atoms with Gasteiger partial charge < -0.3 is 10.6 Å². The van der Waals surface area contributed by atoms with E-state index in [1.807, 2.05) is 30.6 Å². The second kappa shape index (κ2) is 5.32. The zero-order chi connectivity index (χ0) is 13.2. The molecule has 19 heavy (non-hydrogen) atoms. The van der Waals surface area contributed by atoms with Gasteiger partial charge in [0.25, 0.3) is 0 Å². The van der Waals surface area contributed by atoms with E-state index < -0.39 is 0 Å². The molecule has 1 saturated carbocycles. The van der Waals surface area contributed by atoms with Gasteiger partial charge in [-0.05, 0) is 53.1 Å². The molecule has 0 saturated heterocycles. The van der Waals surface area contributed by atoms with Crippen molar-refractivity contribution in [3.63, 3.8) is 0 Å². The molecule has 0 unspecified atom stereocenters. The topological polar surface area (TPSA) is 55.0 Å². The maximum Gasteiger partial charge on any atom is 0.225 e. The van der Waals surface area contributed by atoms with Gasteiger partial charge in [-0.15, -0.1) is 0 Å². The Bertz CT molecular complexity index is 566. The average molecular weight is 366 g/mol. The Morgan fingerprint density at radius 3 is 2.63 bits per heavy atom. The standard InChI is InChI=1S/C14H15IN4/c15-11-7-17-14(18-8-11)19(13-4-5-13)9-10-2-1-3-12(16)6-10/h1-3,6-8,13H,4-5,9,16H2. The van der Waals surface area contributed by atoms with E-state index in [1.165, 1.54) is 18.4 Å². The average Bonchev–Trinajstić information content (AvgIpc) is 3.22. The number of nitrogen functional groups attached to an aromatic ring is 1. The van der Waals surface area contributed by atoms with Crippen molar-refractivity contribution in [1.29, 1.82) is 0 Å². The van der Waals surface area contributed by atoms with E-state index in [0.29, 0.717) is 6.04 Å². The molecule has 0 atom stereocenters. The van der Waals surface area contributed by atoms with Crippen molar-refractivity contribution in [1.82, 2.24) is 9.97 Å². The summed E-state index contributed by atoms with van der Waals surface area (Å²) in [7, 11) is 0. The number of anilines is 2. The van der Waals surface area contributed by atoms with Gasteiger partial charge in [-0.25, -0.2) is 9.97 Å². The van der Waals surface area contributed by atoms with E-state index in [2.05, 4.69) is 43.5 Å². The molecule has 3 rings (SSSR count). The van der Waals surface area contributed by atoms with Crippen LogP contribution in [0.15, 0.2) is 36.7 Å². The van der Waals surface area contributed by atoms with E-state index in [-0.39, 0.29) is 0 Å². The molecule has 1 aromatic heterocycles. The SMILES string of the molecule is Nc1cccc(CN(c2ncc(I)cn2)C2CC2)c1. The van der Waals surface area contributed by atoms with Crippen molar-refractivity contribution in [2.24, 2.45) is 0 Å². The quantitative estimate of drug-likeness (QED) is 0.668. The van der Waals surface area contributed by atoms with Crippen molar-refractivity contribution >= 4 is 34.2 Å². The smallest absolute Gasteiger partial charge is 0.225 e. The number of hydrogen-bond donors (Lipinski definition) is 1. The molecule has 0 spiro atoms.